The third kappa shape index (κ3) is 3.07. The van der Waals surface area contributed by atoms with Gasteiger partial charge in [0, 0.05) is 0 Å². The molecule has 122 valence electrons. The Morgan fingerprint density at radius 3 is 2.80 bits per heavy atom. The second-order valence-electron chi connectivity index (χ2n) is 5.46. The van der Waals surface area contributed by atoms with Crippen LogP contribution in [0.25, 0.3) is 20.9 Å². The predicted octanol–water partition coefficient (Wildman–Crippen LogP) is 3.48. The number of aromatic nitrogens is 4. The van der Waals surface area contributed by atoms with Gasteiger partial charge in [-0.1, -0.05) is 17.3 Å². The topological polar surface area (TPSA) is 76.6 Å². The second-order valence-corrected chi connectivity index (χ2v) is 6.49. The van der Waals surface area contributed by atoms with Crippen molar-refractivity contribution in [2.45, 2.75) is 6.54 Å². The van der Waals surface area contributed by atoms with Gasteiger partial charge in [0.05, 0.1) is 41.7 Å². The Balaban J connectivity index is 1.59. The summed E-state index contributed by atoms with van der Waals surface area (Å²) in [5.41, 5.74) is 3.37. The van der Waals surface area contributed by atoms with Crippen LogP contribution in [-0.4, -0.2) is 27.1 Å². The van der Waals surface area contributed by atoms with E-state index in [1.807, 2.05) is 36.5 Å². The van der Waals surface area contributed by atoms with Crippen LogP contribution in [0, 0.1) is 11.3 Å². The zero-order chi connectivity index (χ0) is 17.2. The minimum Gasteiger partial charge on any atom is -0.497 e. The first-order valence-corrected chi connectivity index (χ1v) is 8.41. The maximum Gasteiger partial charge on any atom is 0.146 e. The number of nitrogens with zero attached hydrogens (tertiary/aromatic N) is 5. The summed E-state index contributed by atoms with van der Waals surface area (Å²) in [6.45, 7) is 0.595. The van der Waals surface area contributed by atoms with Crippen LogP contribution in [0.1, 0.15) is 11.1 Å². The van der Waals surface area contributed by atoms with Crippen molar-refractivity contribution in [3.63, 3.8) is 0 Å². The summed E-state index contributed by atoms with van der Waals surface area (Å²) in [4.78, 5) is 4.61. The van der Waals surface area contributed by atoms with E-state index in [4.69, 9.17) is 10.00 Å². The molecule has 0 aliphatic carbocycles. The number of fused-ring (bicyclic) bond motifs is 1. The van der Waals surface area contributed by atoms with Gasteiger partial charge in [0.1, 0.15) is 16.5 Å². The number of methoxy groups -OCH3 is 1. The van der Waals surface area contributed by atoms with Crippen molar-refractivity contribution < 1.29 is 4.74 Å². The van der Waals surface area contributed by atoms with Crippen LogP contribution in [0.15, 0.2) is 48.7 Å². The molecule has 0 amide bonds. The van der Waals surface area contributed by atoms with Gasteiger partial charge in [-0.2, -0.15) is 5.26 Å². The number of nitriles is 1. The highest BCUT2D eigenvalue weighted by Gasteiger charge is 2.11. The fourth-order valence-corrected chi connectivity index (χ4v) is 3.43. The summed E-state index contributed by atoms with van der Waals surface area (Å²) in [6.07, 6.45) is 1.88. The zero-order valence-corrected chi connectivity index (χ0v) is 14.2. The molecule has 0 aliphatic heterocycles. The lowest BCUT2D eigenvalue weighted by molar-refractivity contribution is 0.415. The molecule has 4 aromatic rings. The molecule has 0 N–H and O–H groups in total. The standard InChI is InChI=1S/C18H13N5OS/c1-24-14-6-7-15-17(8-14)25-18(20-15)16-11-23(22-21-16)10-13-4-2-12(9-19)3-5-13/h2-8,11H,10H2,1H3. The lowest BCUT2D eigenvalue weighted by Gasteiger charge is -2.00. The highest BCUT2D eigenvalue weighted by Crippen LogP contribution is 2.31. The molecule has 0 aliphatic rings. The molecule has 0 saturated heterocycles. The third-order valence-corrected chi connectivity index (χ3v) is 4.82. The van der Waals surface area contributed by atoms with Crippen molar-refractivity contribution in [3.05, 3.63) is 59.8 Å². The van der Waals surface area contributed by atoms with Crippen LogP contribution in [0.5, 0.6) is 5.75 Å². The van der Waals surface area contributed by atoms with Gasteiger partial charge in [-0.25, -0.2) is 9.67 Å². The normalized spacial score (nSPS) is 10.7. The number of rotatable bonds is 4. The second kappa shape index (κ2) is 6.34. The Morgan fingerprint density at radius 2 is 2.04 bits per heavy atom. The van der Waals surface area contributed by atoms with Gasteiger partial charge in [-0.05, 0) is 35.9 Å². The van der Waals surface area contributed by atoms with Gasteiger partial charge < -0.3 is 4.74 Å². The predicted molar refractivity (Wildman–Crippen MR) is 95.4 cm³/mol. The van der Waals surface area contributed by atoms with E-state index >= 15 is 0 Å². The number of hydrogen-bond donors (Lipinski definition) is 0. The van der Waals surface area contributed by atoms with Crippen LogP contribution in [0.4, 0.5) is 0 Å². The lowest BCUT2D eigenvalue weighted by atomic mass is 10.1. The van der Waals surface area contributed by atoms with E-state index in [1.165, 1.54) is 0 Å². The molecule has 0 atom stereocenters. The van der Waals surface area contributed by atoms with Gasteiger partial charge >= 0.3 is 0 Å². The SMILES string of the molecule is COc1ccc2nc(-c3cn(Cc4ccc(C#N)cc4)nn3)sc2c1. The molecule has 6 nitrogen and oxygen atoms in total. The zero-order valence-electron chi connectivity index (χ0n) is 13.4. The van der Waals surface area contributed by atoms with Crippen molar-refractivity contribution in [1.82, 2.24) is 20.0 Å². The molecule has 2 aromatic heterocycles. The fourth-order valence-electron chi connectivity index (χ4n) is 2.49. The molecule has 0 unspecified atom stereocenters. The maximum absolute atomic E-state index is 8.85. The molecule has 4 rings (SSSR count). The van der Waals surface area contributed by atoms with E-state index in [-0.39, 0.29) is 0 Å². The Hall–Kier alpha value is -3.24. The molecule has 0 radical (unpaired) electrons. The molecule has 0 fully saturated rings. The quantitative estimate of drug-likeness (QED) is 0.565. The monoisotopic (exact) mass is 347 g/mol. The highest BCUT2D eigenvalue weighted by atomic mass is 32.1. The van der Waals surface area contributed by atoms with E-state index in [0.29, 0.717) is 12.1 Å². The minimum atomic E-state index is 0.595. The largest absolute Gasteiger partial charge is 0.497 e. The summed E-state index contributed by atoms with van der Waals surface area (Å²) >= 11 is 1.56. The first-order chi connectivity index (χ1) is 12.2. The summed E-state index contributed by atoms with van der Waals surface area (Å²) in [6, 6.07) is 15.4. The van der Waals surface area contributed by atoms with Crippen LogP contribution in [-0.2, 0) is 6.54 Å². The van der Waals surface area contributed by atoms with Crippen molar-refractivity contribution in [2.75, 3.05) is 7.11 Å². The number of ether oxygens (including phenoxy) is 1. The Morgan fingerprint density at radius 1 is 1.20 bits per heavy atom. The van der Waals surface area contributed by atoms with Crippen LogP contribution >= 0.6 is 11.3 Å². The van der Waals surface area contributed by atoms with Gasteiger partial charge in [0.15, 0.2) is 0 Å². The third-order valence-electron chi connectivity index (χ3n) is 3.78. The summed E-state index contributed by atoms with van der Waals surface area (Å²) in [7, 11) is 1.65. The summed E-state index contributed by atoms with van der Waals surface area (Å²) < 4.78 is 8.07. The van der Waals surface area contributed by atoms with Crippen LogP contribution in [0.3, 0.4) is 0 Å². The first kappa shape index (κ1) is 15.3. The number of thiazole rings is 1. The molecule has 2 heterocycles. The average Bonchev–Trinajstić information content (AvgIpc) is 3.28. The van der Waals surface area contributed by atoms with Crippen molar-refractivity contribution in [2.24, 2.45) is 0 Å². The molecule has 0 saturated carbocycles. The summed E-state index contributed by atoms with van der Waals surface area (Å²) in [5, 5.41) is 18.1. The Bertz CT molecular complexity index is 1070. The maximum atomic E-state index is 8.85. The smallest absolute Gasteiger partial charge is 0.146 e. The molecule has 7 heteroatoms. The van der Waals surface area contributed by atoms with Crippen LogP contribution in [0.2, 0.25) is 0 Å². The molecule has 25 heavy (non-hydrogen) atoms. The van der Waals surface area contributed by atoms with Crippen molar-refractivity contribution >= 4 is 21.6 Å². The van der Waals surface area contributed by atoms with Gasteiger partial charge in [0.25, 0.3) is 0 Å². The van der Waals surface area contributed by atoms with E-state index in [1.54, 1.807) is 35.3 Å². The average molecular weight is 347 g/mol. The van der Waals surface area contributed by atoms with Crippen molar-refractivity contribution in [3.8, 4) is 22.5 Å². The van der Waals surface area contributed by atoms with E-state index in [9.17, 15) is 0 Å². The van der Waals surface area contributed by atoms with E-state index < -0.39 is 0 Å². The molecular formula is C18H13N5OS. The van der Waals surface area contributed by atoms with Gasteiger partial charge in [-0.3, -0.25) is 0 Å². The molecule has 0 spiro atoms. The minimum absolute atomic E-state index is 0.595. The van der Waals surface area contributed by atoms with Gasteiger partial charge in [-0.15, -0.1) is 16.4 Å². The van der Waals surface area contributed by atoms with Gasteiger partial charge in [0.2, 0.25) is 0 Å². The van der Waals surface area contributed by atoms with E-state index in [2.05, 4.69) is 21.4 Å². The lowest BCUT2D eigenvalue weighted by Crippen LogP contribution is -2.00. The first-order valence-electron chi connectivity index (χ1n) is 7.59. The molecule has 2 aromatic carbocycles. The summed E-state index contributed by atoms with van der Waals surface area (Å²) in [5.74, 6) is 0.812. The number of hydrogen-bond acceptors (Lipinski definition) is 6. The Labute approximate surface area is 147 Å². The molecule has 0 bridgehead atoms. The fraction of sp³-hybridized carbons (Fsp3) is 0.111. The van der Waals surface area contributed by atoms with Crippen molar-refractivity contribution in [1.29, 1.82) is 5.26 Å². The Kier molecular flexibility index (Phi) is 3.88. The van der Waals surface area contributed by atoms with E-state index in [0.717, 1.165) is 32.2 Å². The molecular weight excluding hydrogens is 334 g/mol. The highest BCUT2D eigenvalue weighted by molar-refractivity contribution is 7.21. The number of benzene rings is 2. The van der Waals surface area contributed by atoms with Crippen LogP contribution < -0.4 is 4.74 Å².